The minimum atomic E-state index is 0.546. The van der Waals surface area contributed by atoms with Crippen LogP contribution in [0.15, 0.2) is 29.4 Å². The molecular formula is C17H25N3S. The van der Waals surface area contributed by atoms with E-state index in [0.29, 0.717) is 11.0 Å². The minimum absolute atomic E-state index is 0.546. The monoisotopic (exact) mass is 303 g/mol. The van der Waals surface area contributed by atoms with Crippen LogP contribution in [-0.2, 0) is 0 Å². The molecule has 0 aliphatic heterocycles. The maximum absolute atomic E-state index is 5.28. The van der Waals surface area contributed by atoms with Gasteiger partial charge in [0.25, 0.3) is 0 Å². The molecule has 1 aromatic carbocycles. The first kappa shape index (κ1) is 16.0. The molecule has 0 atom stereocenters. The van der Waals surface area contributed by atoms with Crippen molar-refractivity contribution in [2.45, 2.75) is 52.4 Å². The van der Waals surface area contributed by atoms with Crippen molar-refractivity contribution in [2.75, 3.05) is 5.32 Å². The van der Waals surface area contributed by atoms with Crippen LogP contribution in [0.1, 0.15) is 57.9 Å². The largest absolute Gasteiger partial charge is 0.331 e. The molecule has 0 unspecified atom stereocenters. The number of nitrogens with one attached hydrogen (secondary N) is 2. The zero-order valence-electron chi connectivity index (χ0n) is 13.1. The average Bonchev–Trinajstić information content (AvgIpc) is 2.47. The lowest BCUT2D eigenvalue weighted by Gasteiger charge is -2.19. The third kappa shape index (κ3) is 5.12. The maximum atomic E-state index is 5.28. The van der Waals surface area contributed by atoms with Crippen molar-refractivity contribution in [3.63, 3.8) is 0 Å². The molecule has 1 saturated carbocycles. The van der Waals surface area contributed by atoms with Crippen molar-refractivity contribution in [3.8, 4) is 0 Å². The van der Waals surface area contributed by atoms with Crippen LogP contribution >= 0.6 is 12.2 Å². The van der Waals surface area contributed by atoms with Gasteiger partial charge in [-0.2, -0.15) is 5.10 Å². The zero-order chi connectivity index (χ0) is 15.2. The standard InChI is InChI=1S/C17H25N3S/c1-12(2)14-6-10-15(11-7-14)18-17(21)20-19-16-8-4-13(3)5-9-16/h6-7,10-13H,4-5,8-9H2,1-3H3,(H2,18,20,21). The van der Waals surface area contributed by atoms with Gasteiger partial charge in [0.1, 0.15) is 0 Å². The molecule has 114 valence electrons. The maximum Gasteiger partial charge on any atom is 0.191 e. The Morgan fingerprint density at radius 1 is 1.19 bits per heavy atom. The van der Waals surface area contributed by atoms with Crippen LogP contribution in [0, 0.1) is 5.92 Å². The molecule has 0 bridgehead atoms. The second-order valence-corrected chi connectivity index (χ2v) is 6.61. The summed E-state index contributed by atoms with van der Waals surface area (Å²) < 4.78 is 0. The number of hydrogen-bond acceptors (Lipinski definition) is 2. The predicted octanol–water partition coefficient (Wildman–Crippen LogP) is 4.66. The molecule has 0 heterocycles. The summed E-state index contributed by atoms with van der Waals surface area (Å²) in [5.74, 6) is 1.37. The number of hydrazone groups is 1. The summed E-state index contributed by atoms with van der Waals surface area (Å²) in [4.78, 5) is 0. The second kappa shape index (κ2) is 7.55. The summed E-state index contributed by atoms with van der Waals surface area (Å²) in [6, 6.07) is 8.37. The van der Waals surface area contributed by atoms with E-state index in [2.05, 4.69) is 60.9 Å². The molecule has 2 rings (SSSR count). The fraction of sp³-hybridized carbons (Fsp3) is 0.529. The van der Waals surface area contributed by atoms with E-state index in [-0.39, 0.29) is 0 Å². The smallest absolute Gasteiger partial charge is 0.191 e. The molecule has 21 heavy (non-hydrogen) atoms. The molecule has 1 aliphatic rings. The number of benzene rings is 1. The lowest BCUT2D eigenvalue weighted by Crippen LogP contribution is -2.26. The van der Waals surface area contributed by atoms with Crippen molar-refractivity contribution in [3.05, 3.63) is 29.8 Å². The van der Waals surface area contributed by atoms with Crippen molar-refractivity contribution >= 4 is 28.7 Å². The van der Waals surface area contributed by atoms with Gasteiger partial charge in [-0.15, -0.1) is 0 Å². The third-order valence-electron chi connectivity index (χ3n) is 4.00. The van der Waals surface area contributed by atoms with Crippen molar-refractivity contribution in [1.82, 2.24) is 5.43 Å². The topological polar surface area (TPSA) is 36.4 Å². The van der Waals surface area contributed by atoms with Crippen molar-refractivity contribution in [1.29, 1.82) is 0 Å². The minimum Gasteiger partial charge on any atom is -0.331 e. The van der Waals surface area contributed by atoms with Gasteiger partial charge in [-0.1, -0.05) is 32.9 Å². The predicted molar refractivity (Wildman–Crippen MR) is 95.0 cm³/mol. The van der Waals surface area contributed by atoms with Gasteiger partial charge in [0.15, 0.2) is 5.11 Å². The highest BCUT2D eigenvalue weighted by molar-refractivity contribution is 7.80. The molecule has 1 fully saturated rings. The van der Waals surface area contributed by atoms with Crippen LogP contribution in [0.2, 0.25) is 0 Å². The molecule has 0 saturated heterocycles. The van der Waals surface area contributed by atoms with Crippen molar-refractivity contribution in [2.24, 2.45) is 11.0 Å². The van der Waals surface area contributed by atoms with Crippen LogP contribution in [-0.4, -0.2) is 10.8 Å². The Hall–Kier alpha value is -1.42. The third-order valence-corrected chi connectivity index (χ3v) is 4.20. The van der Waals surface area contributed by atoms with E-state index in [1.165, 1.54) is 24.1 Å². The summed E-state index contributed by atoms with van der Waals surface area (Å²) in [5, 5.41) is 8.15. The Kier molecular flexibility index (Phi) is 5.74. The van der Waals surface area contributed by atoms with E-state index in [0.717, 1.165) is 24.4 Å². The molecule has 4 heteroatoms. The van der Waals surface area contributed by atoms with Gasteiger partial charge in [0, 0.05) is 11.4 Å². The zero-order valence-corrected chi connectivity index (χ0v) is 14.0. The van der Waals surface area contributed by atoms with Crippen LogP contribution in [0.25, 0.3) is 0 Å². The van der Waals surface area contributed by atoms with E-state index >= 15 is 0 Å². The summed E-state index contributed by atoms with van der Waals surface area (Å²) in [5.41, 5.74) is 6.51. The molecular weight excluding hydrogens is 278 g/mol. The Morgan fingerprint density at radius 3 is 2.38 bits per heavy atom. The van der Waals surface area contributed by atoms with E-state index < -0.39 is 0 Å². The van der Waals surface area contributed by atoms with Crippen LogP contribution in [0.5, 0.6) is 0 Å². The number of rotatable bonds is 3. The first-order chi connectivity index (χ1) is 10.0. The normalized spacial score (nSPS) is 18.5. The number of hydrogen-bond donors (Lipinski definition) is 2. The molecule has 0 aromatic heterocycles. The summed E-state index contributed by atoms with van der Waals surface area (Å²) in [6.45, 7) is 6.68. The molecule has 2 N–H and O–H groups in total. The van der Waals surface area contributed by atoms with E-state index in [4.69, 9.17) is 12.2 Å². The molecule has 3 nitrogen and oxygen atoms in total. The molecule has 0 amide bonds. The van der Waals surface area contributed by atoms with Gasteiger partial charge in [-0.05, 0) is 67.4 Å². The van der Waals surface area contributed by atoms with Crippen LogP contribution in [0.4, 0.5) is 5.69 Å². The highest BCUT2D eigenvalue weighted by atomic mass is 32.1. The van der Waals surface area contributed by atoms with E-state index in [1.807, 2.05) is 0 Å². The Bertz CT molecular complexity index is 495. The Morgan fingerprint density at radius 2 is 1.81 bits per heavy atom. The lowest BCUT2D eigenvalue weighted by molar-refractivity contribution is 0.482. The number of anilines is 1. The second-order valence-electron chi connectivity index (χ2n) is 6.20. The van der Waals surface area contributed by atoms with Crippen LogP contribution in [0.3, 0.4) is 0 Å². The Balaban J connectivity index is 1.83. The molecule has 1 aliphatic carbocycles. The van der Waals surface area contributed by atoms with E-state index in [9.17, 15) is 0 Å². The quantitative estimate of drug-likeness (QED) is 0.629. The summed E-state index contributed by atoms with van der Waals surface area (Å²) >= 11 is 5.28. The molecule has 1 aromatic rings. The SMILES string of the molecule is CC1CCC(=NNC(=S)Nc2ccc(C(C)C)cc2)CC1. The summed E-state index contributed by atoms with van der Waals surface area (Å²) in [6.07, 6.45) is 4.63. The molecule has 0 spiro atoms. The van der Waals surface area contributed by atoms with Gasteiger partial charge in [0.2, 0.25) is 0 Å². The van der Waals surface area contributed by atoms with Gasteiger partial charge in [-0.25, -0.2) is 0 Å². The van der Waals surface area contributed by atoms with Gasteiger partial charge in [-0.3, -0.25) is 5.43 Å². The first-order valence-electron chi connectivity index (χ1n) is 7.77. The average molecular weight is 303 g/mol. The van der Waals surface area contributed by atoms with Crippen molar-refractivity contribution < 1.29 is 0 Å². The van der Waals surface area contributed by atoms with Gasteiger partial charge >= 0.3 is 0 Å². The highest BCUT2D eigenvalue weighted by Gasteiger charge is 2.13. The van der Waals surface area contributed by atoms with Gasteiger partial charge in [0.05, 0.1) is 0 Å². The van der Waals surface area contributed by atoms with Crippen LogP contribution < -0.4 is 10.7 Å². The molecule has 0 radical (unpaired) electrons. The number of thiocarbonyl (C=S) groups is 1. The fourth-order valence-corrected chi connectivity index (χ4v) is 2.61. The van der Waals surface area contributed by atoms with E-state index in [1.54, 1.807) is 0 Å². The fourth-order valence-electron chi connectivity index (χ4n) is 2.45. The highest BCUT2D eigenvalue weighted by Crippen LogP contribution is 2.21. The van der Waals surface area contributed by atoms with Gasteiger partial charge < -0.3 is 5.32 Å². The lowest BCUT2D eigenvalue weighted by atomic mass is 9.90. The number of nitrogens with zero attached hydrogens (tertiary/aromatic N) is 1. The Labute approximate surface area is 133 Å². The first-order valence-corrected chi connectivity index (χ1v) is 8.18. The summed E-state index contributed by atoms with van der Waals surface area (Å²) in [7, 11) is 0.